The summed E-state index contributed by atoms with van der Waals surface area (Å²) in [6.45, 7) is 1.68. The van der Waals surface area contributed by atoms with Crippen LogP contribution in [0, 0.1) is 0 Å². The van der Waals surface area contributed by atoms with Crippen molar-refractivity contribution in [3.8, 4) is 5.75 Å². The molecule has 21 heavy (non-hydrogen) atoms. The van der Waals surface area contributed by atoms with Crippen LogP contribution in [0.4, 0.5) is 0 Å². The Kier molecular flexibility index (Phi) is 5.78. The van der Waals surface area contributed by atoms with Gasteiger partial charge in [-0.25, -0.2) is 0 Å². The number of carbonyl (C=O) groups excluding carboxylic acids is 1. The van der Waals surface area contributed by atoms with E-state index in [1.807, 2.05) is 24.3 Å². The molecule has 1 atom stereocenters. The van der Waals surface area contributed by atoms with Crippen molar-refractivity contribution in [3.05, 3.63) is 41.5 Å². The summed E-state index contributed by atoms with van der Waals surface area (Å²) in [6, 6.07) is 6.04. The van der Waals surface area contributed by atoms with Crippen molar-refractivity contribution in [2.24, 2.45) is 5.73 Å². The molecule has 0 aliphatic carbocycles. The van der Waals surface area contributed by atoms with Crippen LogP contribution in [0.25, 0.3) is 0 Å². The SMILES string of the molecule is CO[C@@H](Cc1ccc2c(c1)CCO2)C(=O)NC/C=C/CN. The monoisotopic (exact) mass is 290 g/mol. The molecule has 0 saturated carbocycles. The van der Waals surface area contributed by atoms with Crippen molar-refractivity contribution in [1.82, 2.24) is 5.32 Å². The van der Waals surface area contributed by atoms with Gasteiger partial charge in [-0.15, -0.1) is 0 Å². The van der Waals surface area contributed by atoms with Crippen molar-refractivity contribution in [2.75, 3.05) is 26.8 Å². The zero-order valence-electron chi connectivity index (χ0n) is 12.3. The summed E-state index contributed by atoms with van der Waals surface area (Å²) in [5.41, 5.74) is 7.63. The fourth-order valence-electron chi connectivity index (χ4n) is 2.32. The van der Waals surface area contributed by atoms with E-state index in [9.17, 15) is 4.79 Å². The van der Waals surface area contributed by atoms with E-state index in [-0.39, 0.29) is 5.91 Å². The van der Waals surface area contributed by atoms with Crippen LogP contribution in [-0.2, 0) is 22.4 Å². The van der Waals surface area contributed by atoms with E-state index in [1.165, 1.54) is 5.56 Å². The molecular formula is C16H22N2O3. The second-order valence-corrected chi connectivity index (χ2v) is 4.92. The highest BCUT2D eigenvalue weighted by molar-refractivity contribution is 5.81. The van der Waals surface area contributed by atoms with Gasteiger partial charge in [0.2, 0.25) is 5.91 Å². The van der Waals surface area contributed by atoms with Gasteiger partial charge in [0.25, 0.3) is 0 Å². The van der Waals surface area contributed by atoms with Gasteiger partial charge in [0, 0.05) is 33.0 Å². The predicted octanol–water partition coefficient (Wildman–Crippen LogP) is 0.810. The number of nitrogens with two attached hydrogens (primary N) is 1. The van der Waals surface area contributed by atoms with Crippen LogP contribution >= 0.6 is 0 Å². The minimum Gasteiger partial charge on any atom is -0.493 e. The molecule has 5 heteroatoms. The third-order valence-electron chi connectivity index (χ3n) is 3.45. The van der Waals surface area contributed by atoms with Gasteiger partial charge in [-0.1, -0.05) is 24.3 Å². The maximum absolute atomic E-state index is 12.0. The van der Waals surface area contributed by atoms with E-state index >= 15 is 0 Å². The average molecular weight is 290 g/mol. The normalized spacial score (nSPS) is 14.8. The van der Waals surface area contributed by atoms with Gasteiger partial charge in [0.15, 0.2) is 0 Å². The first-order valence-electron chi connectivity index (χ1n) is 7.14. The topological polar surface area (TPSA) is 73.6 Å². The van der Waals surface area contributed by atoms with Crippen molar-refractivity contribution in [2.45, 2.75) is 18.9 Å². The van der Waals surface area contributed by atoms with Crippen molar-refractivity contribution >= 4 is 5.91 Å². The minimum atomic E-state index is -0.489. The molecule has 1 aliphatic rings. The van der Waals surface area contributed by atoms with E-state index in [0.717, 1.165) is 24.3 Å². The molecule has 0 bridgehead atoms. The second kappa shape index (κ2) is 7.81. The van der Waals surface area contributed by atoms with Crippen LogP contribution in [0.2, 0.25) is 0 Å². The number of hydrogen-bond acceptors (Lipinski definition) is 4. The summed E-state index contributed by atoms with van der Waals surface area (Å²) in [5.74, 6) is 0.833. The maximum Gasteiger partial charge on any atom is 0.249 e. The zero-order valence-corrected chi connectivity index (χ0v) is 12.3. The first-order chi connectivity index (χ1) is 10.2. The first-order valence-corrected chi connectivity index (χ1v) is 7.14. The van der Waals surface area contributed by atoms with Gasteiger partial charge in [-0.3, -0.25) is 4.79 Å². The van der Waals surface area contributed by atoms with E-state index in [1.54, 1.807) is 7.11 Å². The molecule has 0 unspecified atom stereocenters. The lowest BCUT2D eigenvalue weighted by atomic mass is 10.0. The Morgan fingerprint density at radius 2 is 2.38 bits per heavy atom. The Labute approximate surface area is 125 Å². The van der Waals surface area contributed by atoms with Gasteiger partial charge in [0.1, 0.15) is 11.9 Å². The quantitative estimate of drug-likeness (QED) is 0.729. The Morgan fingerprint density at radius 3 is 3.14 bits per heavy atom. The van der Waals surface area contributed by atoms with Crippen LogP contribution in [0.1, 0.15) is 11.1 Å². The Balaban J connectivity index is 1.92. The number of fused-ring (bicyclic) bond motifs is 1. The summed E-state index contributed by atoms with van der Waals surface area (Å²) < 4.78 is 10.8. The van der Waals surface area contributed by atoms with E-state index < -0.39 is 6.10 Å². The van der Waals surface area contributed by atoms with Crippen molar-refractivity contribution in [3.63, 3.8) is 0 Å². The molecule has 2 rings (SSSR count). The molecule has 0 aromatic heterocycles. The Bertz CT molecular complexity index is 514. The third kappa shape index (κ3) is 4.31. The summed E-state index contributed by atoms with van der Waals surface area (Å²) in [5, 5.41) is 2.81. The highest BCUT2D eigenvalue weighted by Crippen LogP contribution is 2.26. The molecule has 0 radical (unpaired) electrons. The second-order valence-electron chi connectivity index (χ2n) is 4.92. The van der Waals surface area contributed by atoms with Gasteiger partial charge in [-0.05, 0) is 17.2 Å². The lowest BCUT2D eigenvalue weighted by molar-refractivity contribution is -0.130. The van der Waals surface area contributed by atoms with Crippen molar-refractivity contribution < 1.29 is 14.3 Å². The third-order valence-corrected chi connectivity index (χ3v) is 3.45. The molecule has 0 fully saturated rings. The van der Waals surface area contributed by atoms with E-state index in [4.69, 9.17) is 15.2 Å². The number of amides is 1. The average Bonchev–Trinajstić information content (AvgIpc) is 2.96. The fraction of sp³-hybridized carbons (Fsp3) is 0.438. The first kappa shape index (κ1) is 15.5. The number of rotatable bonds is 7. The number of nitrogens with one attached hydrogen (secondary N) is 1. The van der Waals surface area contributed by atoms with Crippen LogP contribution in [0.15, 0.2) is 30.4 Å². The summed E-state index contributed by atoms with van der Waals surface area (Å²) in [6.07, 6.45) is 4.63. The molecule has 0 spiro atoms. The van der Waals surface area contributed by atoms with Crippen LogP contribution in [-0.4, -0.2) is 38.8 Å². The van der Waals surface area contributed by atoms with Crippen molar-refractivity contribution in [1.29, 1.82) is 0 Å². The van der Waals surface area contributed by atoms with Gasteiger partial charge < -0.3 is 20.5 Å². The maximum atomic E-state index is 12.0. The van der Waals surface area contributed by atoms with Gasteiger partial charge in [0.05, 0.1) is 6.61 Å². The highest BCUT2D eigenvalue weighted by Gasteiger charge is 2.19. The Morgan fingerprint density at radius 1 is 1.52 bits per heavy atom. The largest absolute Gasteiger partial charge is 0.493 e. The predicted molar refractivity (Wildman–Crippen MR) is 81.3 cm³/mol. The lowest BCUT2D eigenvalue weighted by Crippen LogP contribution is -2.37. The number of ether oxygens (including phenoxy) is 2. The molecule has 3 N–H and O–H groups in total. The van der Waals surface area contributed by atoms with E-state index in [0.29, 0.717) is 19.5 Å². The highest BCUT2D eigenvalue weighted by atomic mass is 16.5. The molecular weight excluding hydrogens is 268 g/mol. The smallest absolute Gasteiger partial charge is 0.249 e. The minimum absolute atomic E-state index is 0.115. The van der Waals surface area contributed by atoms with Crippen LogP contribution < -0.4 is 15.8 Å². The van der Waals surface area contributed by atoms with E-state index in [2.05, 4.69) is 11.4 Å². The molecule has 1 amide bonds. The molecule has 114 valence electrons. The molecule has 1 aromatic carbocycles. The fourth-order valence-corrected chi connectivity index (χ4v) is 2.32. The van der Waals surface area contributed by atoms with Crippen LogP contribution in [0.3, 0.4) is 0 Å². The lowest BCUT2D eigenvalue weighted by Gasteiger charge is -2.15. The number of benzene rings is 1. The van der Waals surface area contributed by atoms with Crippen LogP contribution in [0.5, 0.6) is 5.75 Å². The molecule has 5 nitrogen and oxygen atoms in total. The number of methoxy groups -OCH3 is 1. The zero-order chi connectivity index (χ0) is 15.1. The summed E-state index contributed by atoms with van der Waals surface area (Å²) in [7, 11) is 1.55. The standard InChI is InChI=1S/C16H22N2O3/c1-20-15(16(19)18-8-3-2-7-17)11-12-4-5-14-13(10-12)6-9-21-14/h2-5,10,15H,6-9,11,17H2,1H3,(H,18,19)/b3-2+/t15-/m0/s1. The van der Waals surface area contributed by atoms with Gasteiger partial charge >= 0.3 is 0 Å². The van der Waals surface area contributed by atoms with Gasteiger partial charge in [-0.2, -0.15) is 0 Å². The Hall–Kier alpha value is -1.85. The molecule has 1 heterocycles. The number of carbonyl (C=O) groups is 1. The molecule has 1 aromatic rings. The molecule has 0 saturated heterocycles. The summed E-state index contributed by atoms with van der Waals surface area (Å²) >= 11 is 0. The summed E-state index contributed by atoms with van der Waals surface area (Å²) in [4.78, 5) is 12.0. The number of hydrogen-bond donors (Lipinski definition) is 2. The molecule has 1 aliphatic heterocycles.